The number of H-pyrrole nitrogens is 2. The molecule has 7 nitrogen and oxygen atoms in total. The van der Waals surface area contributed by atoms with E-state index in [0.29, 0.717) is 19.5 Å². The third-order valence-corrected chi connectivity index (χ3v) is 5.27. The molecule has 0 aliphatic carbocycles. The lowest BCUT2D eigenvalue weighted by Crippen LogP contribution is -2.56. The van der Waals surface area contributed by atoms with E-state index in [2.05, 4.69) is 15.3 Å². The van der Waals surface area contributed by atoms with Crippen molar-refractivity contribution in [2.24, 2.45) is 0 Å². The molecule has 2 aliphatic rings. The van der Waals surface area contributed by atoms with Crippen molar-refractivity contribution in [3.05, 3.63) is 58.3 Å². The van der Waals surface area contributed by atoms with Gasteiger partial charge < -0.3 is 20.2 Å². The molecule has 3 heterocycles. The minimum atomic E-state index is -0.442. The average Bonchev–Trinajstić information content (AvgIpc) is 3.19. The fourth-order valence-corrected chi connectivity index (χ4v) is 4.14. The molecule has 2 aromatic rings. The van der Waals surface area contributed by atoms with Crippen molar-refractivity contribution in [2.75, 3.05) is 13.1 Å². The molecule has 0 bridgehead atoms. The molecular weight excluding hydrogens is 320 g/mol. The fraction of sp³-hybridized carbons (Fsp3) is 0.389. The molecule has 2 fully saturated rings. The minimum Gasteiger partial charge on any atom is -0.348 e. The normalized spacial score (nSPS) is 26.0. The largest absolute Gasteiger partial charge is 0.348 e. The number of nitrogens with zero attached hydrogens (tertiary/aromatic N) is 1. The number of likely N-dealkylation sites (tertiary alicyclic amines) is 1. The summed E-state index contributed by atoms with van der Waals surface area (Å²) in [5, 5.41) is 3.17. The van der Waals surface area contributed by atoms with E-state index in [0.717, 1.165) is 18.4 Å². The molecule has 130 valence electrons. The van der Waals surface area contributed by atoms with Crippen molar-refractivity contribution < 1.29 is 9.59 Å². The molecule has 25 heavy (non-hydrogen) atoms. The van der Waals surface area contributed by atoms with E-state index >= 15 is 0 Å². The zero-order valence-corrected chi connectivity index (χ0v) is 13.7. The first-order valence-corrected chi connectivity index (χ1v) is 8.50. The van der Waals surface area contributed by atoms with Crippen LogP contribution in [0, 0.1) is 0 Å². The zero-order valence-electron chi connectivity index (χ0n) is 13.7. The zero-order chi connectivity index (χ0) is 17.4. The topological polar surface area (TPSA) is 98.1 Å². The number of hydrogen-bond donors (Lipinski definition) is 3. The van der Waals surface area contributed by atoms with Gasteiger partial charge in [0.1, 0.15) is 5.69 Å². The Labute approximate surface area is 144 Å². The van der Waals surface area contributed by atoms with Crippen molar-refractivity contribution in [3.63, 3.8) is 0 Å². The number of carbonyl (C=O) groups excluding carboxylic acids is 2. The van der Waals surface area contributed by atoms with E-state index in [4.69, 9.17) is 0 Å². The van der Waals surface area contributed by atoms with Gasteiger partial charge in [0.15, 0.2) is 0 Å². The number of aromatic amines is 2. The average molecular weight is 340 g/mol. The lowest BCUT2D eigenvalue weighted by Gasteiger charge is -2.39. The standard InChI is InChI=1S/C18H20N4O3/c23-15-7-4-8-18(21-15)11-22(16(24)14-9-19-17(25)20-14)10-13(18)12-5-2-1-3-6-12/h1-3,5-6,9,13H,4,7-8,10-11H2,(H,21,23)(H2,19,20,25)/t13-,18+/m0/s1. The number of amides is 2. The molecule has 0 radical (unpaired) electrons. The summed E-state index contributed by atoms with van der Waals surface area (Å²) >= 11 is 0. The second-order valence-electron chi connectivity index (χ2n) is 6.86. The third kappa shape index (κ3) is 2.75. The molecule has 0 saturated carbocycles. The number of carbonyl (C=O) groups is 2. The lowest BCUT2D eigenvalue weighted by molar-refractivity contribution is -0.125. The summed E-state index contributed by atoms with van der Waals surface area (Å²) in [6, 6.07) is 9.99. The van der Waals surface area contributed by atoms with Gasteiger partial charge in [0.25, 0.3) is 5.91 Å². The number of hydrogen-bond acceptors (Lipinski definition) is 3. The highest BCUT2D eigenvalue weighted by atomic mass is 16.2. The van der Waals surface area contributed by atoms with Gasteiger partial charge in [-0.2, -0.15) is 0 Å². The van der Waals surface area contributed by atoms with Crippen LogP contribution < -0.4 is 11.0 Å². The van der Waals surface area contributed by atoms with Crippen LogP contribution in [0.2, 0.25) is 0 Å². The van der Waals surface area contributed by atoms with Crippen LogP contribution in [-0.2, 0) is 4.79 Å². The summed E-state index contributed by atoms with van der Waals surface area (Å²) < 4.78 is 0. The Bertz CT molecular complexity index is 856. The highest BCUT2D eigenvalue weighted by molar-refractivity contribution is 5.92. The molecule has 2 atom stereocenters. The third-order valence-electron chi connectivity index (χ3n) is 5.27. The van der Waals surface area contributed by atoms with E-state index in [1.165, 1.54) is 6.20 Å². The fourth-order valence-electron chi connectivity index (χ4n) is 4.14. The van der Waals surface area contributed by atoms with Gasteiger partial charge in [-0.25, -0.2) is 4.79 Å². The summed E-state index contributed by atoms with van der Waals surface area (Å²) in [6.07, 6.45) is 3.58. The Hall–Kier alpha value is -2.83. The number of rotatable bonds is 2. The first kappa shape index (κ1) is 15.7. The maximum Gasteiger partial charge on any atom is 0.323 e. The molecule has 7 heteroatoms. The maximum absolute atomic E-state index is 12.8. The van der Waals surface area contributed by atoms with Gasteiger partial charge in [0.05, 0.1) is 5.54 Å². The van der Waals surface area contributed by atoms with Crippen molar-refractivity contribution in [1.82, 2.24) is 20.2 Å². The van der Waals surface area contributed by atoms with Gasteiger partial charge in [-0.15, -0.1) is 0 Å². The predicted octanol–water partition coefficient (Wildman–Crippen LogP) is 0.981. The van der Waals surface area contributed by atoms with E-state index in [1.807, 2.05) is 30.3 Å². The molecule has 3 N–H and O–H groups in total. The highest BCUT2D eigenvalue weighted by Gasteiger charge is 2.50. The lowest BCUT2D eigenvalue weighted by atomic mass is 9.76. The number of nitrogens with one attached hydrogen (secondary N) is 3. The van der Waals surface area contributed by atoms with Crippen molar-refractivity contribution in [3.8, 4) is 0 Å². The molecule has 1 spiro atoms. The number of piperidine rings is 1. The number of benzene rings is 1. The monoisotopic (exact) mass is 340 g/mol. The Kier molecular flexibility index (Phi) is 3.71. The van der Waals surface area contributed by atoms with Crippen LogP contribution in [0.4, 0.5) is 0 Å². The van der Waals surface area contributed by atoms with E-state index < -0.39 is 11.2 Å². The molecular formula is C18H20N4O3. The van der Waals surface area contributed by atoms with Crippen molar-refractivity contribution >= 4 is 11.8 Å². The second-order valence-corrected chi connectivity index (χ2v) is 6.86. The summed E-state index contributed by atoms with van der Waals surface area (Å²) in [4.78, 5) is 42.9. The highest BCUT2D eigenvalue weighted by Crippen LogP contribution is 2.41. The van der Waals surface area contributed by atoms with E-state index in [1.54, 1.807) is 4.90 Å². The molecule has 4 rings (SSSR count). The number of aromatic nitrogens is 2. The van der Waals surface area contributed by atoms with Crippen LogP contribution in [0.25, 0.3) is 0 Å². The van der Waals surface area contributed by atoms with Crippen LogP contribution in [0.5, 0.6) is 0 Å². The van der Waals surface area contributed by atoms with Crippen molar-refractivity contribution in [2.45, 2.75) is 30.7 Å². The SMILES string of the molecule is O=C1CCC[C@]2(CN(C(=O)c3c[nH]c(=O)[nH]3)C[C@H]2c2ccccc2)N1. The molecule has 0 unspecified atom stereocenters. The van der Waals surface area contributed by atoms with Crippen LogP contribution >= 0.6 is 0 Å². The summed E-state index contributed by atoms with van der Waals surface area (Å²) in [6.45, 7) is 0.959. The Morgan fingerprint density at radius 1 is 1.20 bits per heavy atom. The van der Waals surface area contributed by atoms with Gasteiger partial charge in [-0.3, -0.25) is 9.59 Å². The number of imidazole rings is 1. The smallest absolute Gasteiger partial charge is 0.323 e. The van der Waals surface area contributed by atoms with Crippen LogP contribution in [0.15, 0.2) is 41.3 Å². The second kappa shape index (κ2) is 5.91. The first-order valence-electron chi connectivity index (χ1n) is 8.50. The van der Waals surface area contributed by atoms with Gasteiger partial charge in [-0.05, 0) is 18.4 Å². The summed E-state index contributed by atoms with van der Waals surface area (Å²) in [5.74, 6) is -0.153. The van der Waals surface area contributed by atoms with Gasteiger partial charge in [0.2, 0.25) is 5.91 Å². The molecule has 2 saturated heterocycles. The van der Waals surface area contributed by atoms with Gasteiger partial charge >= 0.3 is 5.69 Å². The quantitative estimate of drug-likeness (QED) is 0.760. The maximum atomic E-state index is 12.8. The van der Waals surface area contributed by atoms with E-state index in [-0.39, 0.29) is 23.4 Å². The van der Waals surface area contributed by atoms with E-state index in [9.17, 15) is 14.4 Å². The molecule has 2 aliphatic heterocycles. The van der Waals surface area contributed by atoms with Crippen molar-refractivity contribution in [1.29, 1.82) is 0 Å². The Morgan fingerprint density at radius 2 is 2.00 bits per heavy atom. The molecule has 2 amide bonds. The Morgan fingerprint density at radius 3 is 2.68 bits per heavy atom. The minimum absolute atomic E-state index is 0.0348. The molecule has 1 aromatic carbocycles. The first-order chi connectivity index (χ1) is 12.1. The van der Waals surface area contributed by atoms with Crippen LogP contribution in [0.3, 0.4) is 0 Å². The summed E-state index contributed by atoms with van der Waals surface area (Å²) in [7, 11) is 0. The van der Waals surface area contributed by atoms with Crippen LogP contribution in [-0.4, -0.2) is 45.3 Å². The summed E-state index contributed by atoms with van der Waals surface area (Å²) in [5.41, 5.74) is 0.518. The molecule has 1 aromatic heterocycles. The predicted molar refractivity (Wildman–Crippen MR) is 91.2 cm³/mol. The Balaban J connectivity index is 1.68. The van der Waals surface area contributed by atoms with Gasteiger partial charge in [-0.1, -0.05) is 30.3 Å². The van der Waals surface area contributed by atoms with Crippen LogP contribution in [0.1, 0.15) is 41.2 Å². The van der Waals surface area contributed by atoms with Gasteiger partial charge in [0, 0.05) is 31.6 Å².